The number of halogens is 1. The summed E-state index contributed by atoms with van der Waals surface area (Å²) in [6.45, 7) is 0. The van der Waals surface area contributed by atoms with Crippen LogP contribution in [0.15, 0.2) is 24.3 Å². The number of ketones is 2. The molecule has 66 valence electrons. The molecule has 1 aliphatic rings. The van der Waals surface area contributed by atoms with Gasteiger partial charge in [0.1, 0.15) is 0 Å². The van der Waals surface area contributed by atoms with E-state index in [4.69, 9.17) is 0 Å². The SMILES string of the molecule is O=C1c2ccccc2C(=O)C1CBr. The zero-order valence-electron chi connectivity index (χ0n) is 6.79. The van der Waals surface area contributed by atoms with Crippen LogP contribution >= 0.6 is 15.9 Å². The van der Waals surface area contributed by atoms with Crippen LogP contribution < -0.4 is 0 Å². The Bertz CT molecular complexity index is 349. The molecule has 0 fully saturated rings. The molecule has 0 aromatic heterocycles. The Balaban J connectivity index is 2.57. The Morgan fingerprint density at radius 3 is 1.92 bits per heavy atom. The van der Waals surface area contributed by atoms with E-state index in [9.17, 15) is 9.59 Å². The molecule has 1 aromatic carbocycles. The van der Waals surface area contributed by atoms with Crippen molar-refractivity contribution in [1.29, 1.82) is 0 Å². The van der Waals surface area contributed by atoms with Gasteiger partial charge in [0, 0.05) is 16.5 Å². The first-order valence-corrected chi connectivity index (χ1v) is 5.11. The topological polar surface area (TPSA) is 34.1 Å². The minimum atomic E-state index is -0.502. The van der Waals surface area contributed by atoms with E-state index >= 15 is 0 Å². The molecule has 1 aromatic rings. The summed E-state index contributed by atoms with van der Waals surface area (Å²) in [6, 6.07) is 6.97. The predicted octanol–water partition coefficient (Wildman–Crippen LogP) is 2.08. The van der Waals surface area contributed by atoms with Crippen LogP contribution in [0.4, 0.5) is 0 Å². The fourth-order valence-electron chi connectivity index (χ4n) is 1.55. The van der Waals surface area contributed by atoms with E-state index in [0.29, 0.717) is 16.5 Å². The van der Waals surface area contributed by atoms with Crippen LogP contribution in [0.25, 0.3) is 0 Å². The first-order valence-electron chi connectivity index (χ1n) is 3.99. The molecule has 0 saturated heterocycles. The zero-order chi connectivity index (χ0) is 9.42. The highest BCUT2D eigenvalue weighted by Crippen LogP contribution is 2.27. The highest BCUT2D eigenvalue weighted by molar-refractivity contribution is 9.09. The molecule has 0 aliphatic heterocycles. The zero-order valence-corrected chi connectivity index (χ0v) is 8.37. The Hall–Kier alpha value is -0.960. The summed E-state index contributed by atoms with van der Waals surface area (Å²) in [6.07, 6.45) is 0. The van der Waals surface area contributed by atoms with Gasteiger partial charge in [-0.05, 0) is 0 Å². The van der Waals surface area contributed by atoms with Crippen molar-refractivity contribution in [3.63, 3.8) is 0 Å². The highest BCUT2D eigenvalue weighted by atomic mass is 79.9. The lowest BCUT2D eigenvalue weighted by molar-refractivity contribution is 0.0856. The van der Waals surface area contributed by atoms with Crippen molar-refractivity contribution in [2.75, 3.05) is 5.33 Å². The van der Waals surface area contributed by atoms with Gasteiger partial charge in [-0.3, -0.25) is 9.59 Å². The van der Waals surface area contributed by atoms with Crippen molar-refractivity contribution in [3.05, 3.63) is 35.4 Å². The van der Waals surface area contributed by atoms with E-state index in [2.05, 4.69) is 15.9 Å². The summed E-state index contributed by atoms with van der Waals surface area (Å²) < 4.78 is 0. The van der Waals surface area contributed by atoms with E-state index in [0.717, 1.165) is 0 Å². The largest absolute Gasteiger partial charge is 0.293 e. The van der Waals surface area contributed by atoms with Crippen LogP contribution in [-0.4, -0.2) is 16.9 Å². The molecule has 2 rings (SSSR count). The van der Waals surface area contributed by atoms with E-state index in [1.807, 2.05) is 0 Å². The molecule has 0 atom stereocenters. The van der Waals surface area contributed by atoms with Gasteiger partial charge in [-0.2, -0.15) is 0 Å². The molecule has 0 radical (unpaired) electrons. The fourth-order valence-corrected chi connectivity index (χ4v) is 2.14. The smallest absolute Gasteiger partial charge is 0.175 e. The molecule has 0 bridgehead atoms. The highest BCUT2D eigenvalue weighted by Gasteiger charge is 2.36. The van der Waals surface area contributed by atoms with E-state index in [1.54, 1.807) is 24.3 Å². The van der Waals surface area contributed by atoms with Crippen molar-refractivity contribution in [3.8, 4) is 0 Å². The maximum absolute atomic E-state index is 11.6. The van der Waals surface area contributed by atoms with Gasteiger partial charge in [0.15, 0.2) is 11.6 Å². The first-order chi connectivity index (χ1) is 6.25. The molecule has 0 unspecified atom stereocenters. The molecule has 0 amide bonds. The van der Waals surface area contributed by atoms with Gasteiger partial charge in [-0.15, -0.1) is 0 Å². The molecule has 0 N–H and O–H groups in total. The number of carbonyl (C=O) groups excluding carboxylic acids is 2. The third-order valence-corrected chi connectivity index (χ3v) is 2.89. The summed E-state index contributed by atoms with van der Waals surface area (Å²) >= 11 is 3.17. The number of hydrogen-bond donors (Lipinski definition) is 0. The van der Waals surface area contributed by atoms with Gasteiger partial charge in [-0.25, -0.2) is 0 Å². The van der Waals surface area contributed by atoms with Crippen LogP contribution in [0.5, 0.6) is 0 Å². The number of hydrogen-bond acceptors (Lipinski definition) is 2. The van der Waals surface area contributed by atoms with Gasteiger partial charge in [0.05, 0.1) is 5.92 Å². The lowest BCUT2D eigenvalue weighted by Crippen LogP contribution is -2.16. The first kappa shape index (κ1) is 8.63. The van der Waals surface area contributed by atoms with Gasteiger partial charge in [0.2, 0.25) is 0 Å². The van der Waals surface area contributed by atoms with Gasteiger partial charge in [-0.1, -0.05) is 40.2 Å². The molecular formula is C10H7BrO2. The fraction of sp³-hybridized carbons (Fsp3) is 0.200. The number of fused-ring (bicyclic) bond motifs is 1. The van der Waals surface area contributed by atoms with Crippen molar-refractivity contribution in [2.45, 2.75) is 0 Å². The molecule has 13 heavy (non-hydrogen) atoms. The van der Waals surface area contributed by atoms with Crippen molar-refractivity contribution >= 4 is 27.5 Å². The number of rotatable bonds is 1. The van der Waals surface area contributed by atoms with Gasteiger partial charge in [0.25, 0.3) is 0 Å². The monoisotopic (exact) mass is 238 g/mol. The minimum absolute atomic E-state index is 0.0579. The summed E-state index contributed by atoms with van der Waals surface area (Å²) in [7, 11) is 0. The van der Waals surface area contributed by atoms with E-state index in [-0.39, 0.29) is 11.6 Å². The predicted molar refractivity (Wildman–Crippen MR) is 52.4 cm³/mol. The maximum Gasteiger partial charge on any atom is 0.175 e. The Kier molecular flexibility index (Phi) is 2.04. The van der Waals surface area contributed by atoms with Crippen LogP contribution in [0.3, 0.4) is 0 Å². The molecule has 2 nitrogen and oxygen atoms in total. The second-order valence-corrected chi connectivity index (χ2v) is 3.63. The molecule has 3 heteroatoms. The maximum atomic E-state index is 11.6. The Morgan fingerprint density at radius 1 is 1.08 bits per heavy atom. The summed E-state index contributed by atoms with van der Waals surface area (Å²) in [4.78, 5) is 23.2. The van der Waals surface area contributed by atoms with Crippen molar-refractivity contribution < 1.29 is 9.59 Å². The van der Waals surface area contributed by atoms with E-state index in [1.165, 1.54) is 0 Å². The average molecular weight is 239 g/mol. The molecule has 0 saturated carbocycles. The molecule has 0 spiro atoms. The van der Waals surface area contributed by atoms with Crippen LogP contribution in [0.1, 0.15) is 20.7 Å². The third-order valence-electron chi connectivity index (χ3n) is 2.25. The summed E-state index contributed by atoms with van der Waals surface area (Å²) in [5.74, 6) is -0.618. The second-order valence-electron chi connectivity index (χ2n) is 2.98. The minimum Gasteiger partial charge on any atom is -0.293 e. The summed E-state index contributed by atoms with van der Waals surface area (Å²) in [5, 5.41) is 0.416. The lowest BCUT2D eigenvalue weighted by Gasteiger charge is -1.97. The lowest BCUT2D eigenvalue weighted by atomic mass is 10.1. The number of benzene rings is 1. The number of alkyl halides is 1. The van der Waals surface area contributed by atoms with Gasteiger partial charge >= 0.3 is 0 Å². The molecule has 0 heterocycles. The van der Waals surface area contributed by atoms with E-state index < -0.39 is 5.92 Å². The van der Waals surface area contributed by atoms with Crippen LogP contribution in [0.2, 0.25) is 0 Å². The number of Topliss-reactive ketones (excluding diaryl/α,β-unsaturated/α-hetero) is 2. The number of carbonyl (C=O) groups is 2. The van der Waals surface area contributed by atoms with Crippen molar-refractivity contribution in [1.82, 2.24) is 0 Å². The average Bonchev–Trinajstić information content (AvgIpc) is 2.41. The second kappa shape index (κ2) is 3.07. The Morgan fingerprint density at radius 2 is 1.54 bits per heavy atom. The summed E-state index contributed by atoms with van der Waals surface area (Å²) in [5.41, 5.74) is 1.13. The quantitative estimate of drug-likeness (QED) is 0.555. The third kappa shape index (κ3) is 1.15. The van der Waals surface area contributed by atoms with Crippen molar-refractivity contribution in [2.24, 2.45) is 5.92 Å². The molecule has 1 aliphatic carbocycles. The van der Waals surface area contributed by atoms with Gasteiger partial charge < -0.3 is 0 Å². The normalized spacial score (nSPS) is 16.4. The van der Waals surface area contributed by atoms with Crippen LogP contribution in [0, 0.1) is 5.92 Å². The molecular weight excluding hydrogens is 232 g/mol. The van der Waals surface area contributed by atoms with Crippen LogP contribution in [-0.2, 0) is 0 Å². The standard InChI is InChI=1S/C10H7BrO2/c11-5-8-9(12)6-3-1-2-4-7(6)10(8)13/h1-4,8H,5H2. The Labute approximate surface area is 84.1 Å².